The highest BCUT2D eigenvalue weighted by Crippen LogP contribution is 2.47. The number of nitrogens with zero attached hydrogens (tertiary/aromatic N) is 5. The minimum absolute atomic E-state index is 0.541. The van der Waals surface area contributed by atoms with Crippen molar-refractivity contribution in [2.75, 3.05) is 0 Å². The zero-order chi connectivity index (χ0) is 18.0. The third kappa shape index (κ3) is 2.34. The number of imidazole rings is 1. The Morgan fingerprint density at radius 3 is 3.07 bits per heavy atom. The molecule has 0 amide bonds. The van der Waals surface area contributed by atoms with E-state index in [2.05, 4.69) is 20.3 Å². The van der Waals surface area contributed by atoms with E-state index in [0.29, 0.717) is 11.6 Å². The van der Waals surface area contributed by atoms with E-state index >= 15 is 0 Å². The molecule has 4 heterocycles. The minimum Gasteiger partial charge on any atom is -0.380 e. The Morgan fingerprint density at radius 2 is 2.19 bits per heavy atom. The van der Waals surface area contributed by atoms with Crippen molar-refractivity contribution >= 4 is 27.1 Å². The molecule has 1 aromatic carbocycles. The summed E-state index contributed by atoms with van der Waals surface area (Å²) in [5, 5.41) is 20.7. The average Bonchev–Trinajstić information content (AvgIpc) is 3.11. The van der Waals surface area contributed by atoms with Crippen molar-refractivity contribution in [3.63, 3.8) is 0 Å². The largest absolute Gasteiger partial charge is 0.380 e. The molecule has 1 saturated carbocycles. The number of hydrogen-bond donors (Lipinski definition) is 2. The van der Waals surface area contributed by atoms with Gasteiger partial charge in [-0.1, -0.05) is 5.21 Å². The van der Waals surface area contributed by atoms with Crippen LogP contribution in [0.15, 0.2) is 49.2 Å². The fourth-order valence-electron chi connectivity index (χ4n) is 3.58. The van der Waals surface area contributed by atoms with Crippen LogP contribution in [0.25, 0.3) is 21.4 Å². The van der Waals surface area contributed by atoms with Crippen molar-refractivity contribution in [1.82, 2.24) is 29.4 Å². The van der Waals surface area contributed by atoms with Gasteiger partial charge in [0.2, 0.25) is 0 Å². The molecular formula is C19H16N6OS. The van der Waals surface area contributed by atoms with E-state index < -0.39 is 6.10 Å². The highest BCUT2D eigenvalue weighted by molar-refractivity contribution is 7.17. The van der Waals surface area contributed by atoms with Crippen LogP contribution in [0.5, 0.6) is 0 Å². The van der Waals surface area contributed by atoms with E-state index in [-0.39, 0.29) is 0 Å². The zero-order valence-electron chi connectivity index (χ0n) is 14.3. The Balaban J connectivity index is 1.41. The number of aliphatic hydroxyl groups is 1. The topological polar surface area (TPSA) is 84.0 Å². The Labute approximate surface area is 157 Å². The number of aliphatic hydroxyl groups excluding tert-OH is 1. The van der Waals surface area contributed by atoms with Crippen LogP contribution in [0.1, 0.15) is 41.1 Å². The fraction of sp³-hybridized carbons (Fsp3) is 0.211. The van der Waals surface area contributed by atoms with Gasteiger partial charge in [-0.2, -0.15) is 0 Å². The lowest BCUT2D eigenvalue weighted by atomic mass is 10.1. The average molecular weight is 376 g/mol. The Hall–Kier alpha value is -2.97. The van der Waals surface area contributed by atoms with Crippen LogP contribution < -0.4 is 0 Å². The normalized spacial score (nSPS) is 15.7. The molecule has 0 bridgehead atoms. The summed E-state index contributed by atoms with van der Waals surface area (Å²) in [6.07, 6.45) is 8.86. The first kappa shape index (κ1) is 15.1. The molecule has 7 nitrogen and oxygen atoms in total. The second-order valence-electron chi connectivity index (χ2n) is 6.97. The Bertz CT molecular complexity index is 1270. The molecule has 134 valence electrons. The van der Waals surface area contributed by atoms with Crippen LogP contribution in [0.3, 0.4) is 0 Å². The molecule has 0 radical (unpaired) electrons. The highest BCUT2D eigenvalue weighted by Gasteiger charge is 2.33. The number of H-pyrrole nitrogens is 1. The summed E-state index contributed by atoms with van der Waals surface area (Å²) in [4.78, 5) is 9.69. The molecule has 5 aromatic rings. The molecule has 4 aromatic heterocycles. The lowest BCUT2D eigenvalue weighted by Crippen LogP contribution is -2.06. The molecule has 1 fully saturated rings. The van der Waals surface area contributed by atoms with Gasteiger partial charge in [0.25, 0.3) is 0 Å². The number of fused-ring (bicyclic) bond motifs is 2. The molecule has 1 atom stereocenters. The van der Waals surface area contributed by atoms with Gasteiger partial charge in [0.05, 0.1) is 23.8 Å². The van der Waals surface area contributed by atoms with E-state index in [1.54, 1.807) is 28.5 Å². The number of aromatic amines is 1. The van der Waals surface area contributed by atoms with E-state index in [4.69, 9.17) is 0 Å². The SMILES string of the molecule is O[C@@H](c1cn(-c2ccc3[nH]ccc3c2)nn1)c1c(C2CC2)sc2cncn12. The number of nitrogens with one attached hydrogen (secondary N) is 1. The Morgan fingerprint density at radius 1 is 1.26 bits per heavy atom. The van der Waals surface area contributed by atoms with Crippen molar-refractivity contribution in [2.45, 2.75) is 24.9 Å². The lowest BCUT2D eigenvalue weighted by Gasteiger charge is -2.09. The third-order valence-electron chi connectivity index (χ3n) is 5.13. The maximum atomic E-state index is 11.1. The second-order valence-corrected chi connectivity index (χ2v) is 8.03. The summed E-state index contributed by atoms with van der Waals surface area (Å²) in [5.41, 5.74) is 3.41. The van der Waals surface area contributed by atoms with Gasteiger partial charge in [0.1, 0.15) is 23.0 Å². The summed E-state index contributed by atoms with van der Waals surface area (Å²) < 4.78 is 3.69. The standard InChI is InChI=1S/C19H16N6OS/c26-18(17-19(11-1-2-11)27-16-8-20-10-24(16)17)15-9-25(23-22-15)13-3-4-14-12(7-13)5-6-21-14/h3-11,18,21,26H,1-2H2/t18-/m0/s1. The first-order chi connectivity index (χ1) is 13.3. The number of aromatic nitrogens is 6. The lowest BCUT2D eigenvalue weighted by molar-refractivity contribution is 0.208. The minimum atomic E-state index is -0.826. The molecule has 27 heavy (non-hydrogen) atoms. The van der Waals surface area contributed by atoms with Crippen molar-refractivity contribution in [1.29, 1.82) is 0 Å². The molecule has 1 aliphatic rings. The van der Waals surface area contributed by atoms with Gasteiger partial charge in [-0.3, -0.25) is 4.40 Å². The van der Waals surface area contributed by atoms with Gasteiger partial charge < -0.3 is 10.1 Å². The molecule has 0 aliphatic heterocycles. The molecular weight excluding hydrogens is 360 g/mol. The fourth-order valence-corrected chi connectivity index (χ4v) is 4.88. The van der Waals surface area contributed by atoms with Gasteiger partial charge in [-0.15, -0.1) is 16.4 Å². The predicted octanol–water partition coefficient (Wildman–Crippen LogP) is 3.42. The first-order valence-corrected chi connectivity index (χ1v) is 9.72. The van der Waals surface area contributed by atoms with Gasteiger partial charge in [0.15, 0.2) is 0 Å². The number of thiazole rings is 1. The molecule has 0 saturated heterocycles. The molecule has 1 aliphatic carbocycles. The van der Waals surface area contributed by atoms with Crippen LogP contribution in [0, 0.1) is 0 Å². The van der Waals surface area contributed by atoms with Crippen LogP contribution in [0.2, 0.25) is 0 Å². The van der Waals surface area contributed by atoms with E-state index in [1.807, 2.05) is 41.1 Å². The van der Waals surface area contributed by atoms with E-state index in [1.165, 1.54) is 17.7 Å². The summed E-state index contributed by atoms with van der Waals surface area (Å²) in [6, 6.07) is 8.07. The smallest absolute Gasteiger partial charge is 0.141 e. The van der Waals surface area contributed by atoms with E-state index in [9.17, 15) is 5.11 Å². The second kappa shape index (κ2) is 5.51. The molecule has 8 heteroatoms. The van der Waals surface area contributed by atoms with Crippen LogP contribution in [0.4, 0.5) is 0 Å². The van der Waals surface area contributed by atoms with Gasteiger partial charge in [0, 0.05) is 22.0 Å². The van der Waals surface area contributed by atoms with Crippen molar-refractivity contribution in [3.05, 3.63) is 65.4 Å². The van der Waals surface area contributed by atoms with Crippen molar-refractivity contribution < 1.29 is 5.11 Å². The predicted molar refractivity (Wildman–Crippen MR) is 102 cm³/mol. The summed E-state index contributed by atoms with van der Waals surface area (Å²) in [6.45, 7) is 0. The summed E-state index contributed by atoms with van der Waals surface area (Å²) in [7, 11) is 0. The maximum Gasteiger partial charge on any atom is 0.141 e. The third-order valence-corrected chi connectivity index (χ3v) is 6.40. The van der Waals surface area contributed by atoms with Gasteiger partial charge in [-0.05, 0) is 43.0 Å². The number of benzene rings is 1. The summed E-state index contributed by atoms with van der Waals surface area (Å²) in [5.74, 6) is 0.547. The molecule has 0 unspecified atom stereocenters. The summed E-state index contributed by atoms with van der Waals surface area (Å²) >= 11 is 1.71. The maximum absolute atomic E-state index is 11.1. The van der Waals surface area contributed by atoms with Crippen LogP contribution >= 0.6 is 11.3 Å². The van der Waals surface area contributed by atoms with Crippen molar-refractivity contribution in [3.8, 4) is 5.69 Å². The quantitative estimate of drug-likeness (QED) is 0.503. The van der Waals surface area contributed by atoms with Crippen LogP contribution in [-0.2, 0) is 0 Å². The van der Waals surface area contributed by atoms with Gasteiger partial charge in [-0.25, -0.2) is 9.67 Å². The van der Waals surface area contributed by atoms with Gasteiger partial charge >= 0.3 is 0 Å². The molecule has 0 spiro atoms. The molecule has 6 rings (SSSR count). The number of hydrogen-bond acceptors (Lipinski definition) is 5. The highest BCUT2D eigenvalue weighted by atomic mass is 32.1. The van der Waals surface area contributed by atoms with Crippen molar-refractivity contribution in [2.24, 2.45) is 0 Å². The van der Waals surface area contributed by atoms with E-state index in [0.717, 1.165) is 27.1 Å². The zero-order valence-corrected chi connectivity index (χ0v) is 15.1. The molecule has 2 N–H and O–H groups in total. The van der Waals surface area contributed by atoms with Crippen LogP contribution in [-0.4, -0.2) is 34.5 Å². The number of rotatable bonds is 4. The first-order valence-electron chi connectivity index (χ1n) is 8.90. The monoisotopic (exact) mass is 376 g/mol. The Kier molecular flexibility index (Phi) is 3.09.